The van der Waals surface area contributed by atoms with Crippen LogP contribution < -0.4 is 5.32 Å². The first kappa shape index (κ1) is 14.6. The van der Waals surface area contributed by atoms with Gasteiger partial charge in [0.05, 0.1) is 22.6 Å². The van der Waals surface area contributed by atoms with E-state index in [4.69, 9.17) is 5.11 Å². The third-order valence-corrected chi connectivity index (χ3v) is 3.93. The van der Waals surface area contributed by atoms with E-state index in [0.717, 1.165) is 31.7 Å². The van der Waals surface area contributed by atoms with Crippen molar-refractivity contribution in [3.8, 4) is 0 Å². The van der Waals surface area contributed by atoms with Crippen LogP contribution in [-0.2, 0) is 0 Å². The highest BCUT2D eigenvalue weighted by molar-refractivity contribution is 5.93. The molecule has 3 rings (SSSR count). The van der Waals surface area contributed by atoms with E-state index in [0.29, 0.717) is 5.95 Å². The fourth-order valence-corrected chi connectivity index (χ4v) is 2.69. The maximum Gasteiger partial charge on any atom is 0.335 e. The normalized spacial score (nSPS) is 21.7. The summed E-state index contributed by atoms with van der Waals surface area (Å²) < 4.78 is 13.8. The van der Waals surface area contributed by atoms with Gasteiger partial charge in [0.15, 0.2) is 0 Å². The second kappa shape index (κ2) is 5.84. The molecule has 0 atom stereocenters. The van der Waals surface area contributed by atoms with E-state index in [2.05, 4.69) is 15.3 Å². The topological polar surface area (TPSA) is 95.3 Å². The Kier molecular flexibility index (Phi) is 3.89. The molecule has 6 nitrogen and oxygen atoms in total. The molecule has 1 heterocycles. The Hall–Kier alpha value is -2.28. The van der Waals surface area contributed by atoms with Gasteiger partial charge >= 0.3 is 5.97 Å². The van der Waals surface area contributed by atoms with Crippen molar-refractivity contribution in [2.24, 2.45) is 0 Å². The van der Waals surface area contributed by atoms with Crippen LogP contribution in [0.1, 0.15) is 36.0 Å². The summed E-state index contributed by atoms with van der Waals surface area (Å²) in [5.74, 6) is -1.51. The largest absolute Gasteiger partial charge is 0.478 e. The molecule has 1 aliphatic carbocycles. The summed E-state index contributed by atoms with van der Waals surface area (Å²) in [6.07, 6.45) is 4.18. The Bertz CT molecular complexity index is 714. The molecule has 1 aliphatic rings. The molecular weight excluding hydrogens is 289 g/mol. The van der Waals surface area contributed by atoms with Gasteiger partial charge in [-0.05, 0) is 37.8 Å². The number of aliphatic hydroxyl groups excluding tert-OH is 1. The van der Waals surface area contributed by atoms with Gasteiger partial charge < -0.3 is 15.5 Å². The average Bonchev–Trinajstić information content (AvgIpc) is 2.49. The Labute approximate surface area is 126 Å². The number of carboxylic acids is 1. The third kappa shape index (κ3) is 2.99. The van der Waals surface area contributed by atoms with E-state index in [1.165, 1.54) is 12.3 Å². The Morgan fingerprint density at radius 2 is 2.00 bits per heavy atom. The van der Waals surface area contributed by atoms with Gasteiger partial charge in [0.2, 0.25) is 5.95 Å². The maximum atomic E-state index is 13.8. The average molecular weight is 305 g/mol. The van der Waals surface area contributed by atoms with Gasteiger partial charge in [0.25, 0.3) is 0 Å². The predicted octanol–water partition coefficient (Wildman–Crippen LogP) is 2.18. The number of hydrogen-bond acceptors (Lipinski definition) is 5. The van der Waals surface area contributed by atoms with Crippen molar-refractivity contribution < 1.29 is 19.4 Å². The molecular formula is C15H16FN3O3. The highest BCUT2D eigenvalue weighted by Crippen LogP contribution is 2.23. The molecule has 0 saturated heterocycles. The molecule has 3 N–H and O–H groups in total. The lowest BCUT2D eigenvalue weighted by molar-refractivity contribution is 0.0696. The number of carboxylic acid groups (broad SMARTS) is 1. The van der Waals surface area contributed by atoms with Crippen molar-refractivity contribution in [3.63, 3.8) is 0 Å². The van der Waals surface area contributed by atoms with Gasteiger partial charge in [-0.3, -0.25) is 0 Å². The number of halogens is 1. The Balaban J connectivity index is 1.87. The van der Waals surface area contributed by atoms with Gasteiger partial charge in [0.1, 0.15) is 5.82 Å². The third-order valence-electron chi connectivity index (χ3n) is 3.93. The highest BCUT2D eigenvalue weighted by Gasteiger charge is 2.20. The monoisotopic (exact) mass is 305 g/mol. The fourth-order valence-electron chi connectivity index (χ4n) is 2.69. The number of aliphatic hydroxyl groups is 1. The number of fused-ring (bicyclic) bond motifs is 1. The number of anilines is 1. The second-order valence-electron chi connectivity index (χ2n) is 5.54. The number of hydrogen-bond donors (Lipinski definition) is 3. The summed E-state index contributed by atoms with van der Waals surface area (Å²) in [4.78, 5) is 19.3. The van der Waals surface area contributed by atoms with Gasteiger partial charge in [-0.25, -0.2) is 19.2 Å². The van der Waals surface area contributed by atoms with Crippen molar-refractivity contribution in [3.05, 3.63) is 29.7 Å². The lowest BCUT2D eigenvalue weighted by Gasteiger charge is -2.26. The minimum Gasteiger partial charge on any atom is -0.478 e. The Morgan fingerprint density at radius 1 is 1.27 bits per heavy atom. The first-order chi connectivity index (χ1) is 10.5. The number of aromatic carboxylic acids is 1. The molecule has 1 fully saturated rings. The number of rotatable bonds is 3. The first-order valence-electron chi connectivity index (χ1n) is 7.17. The van der Waals surface area contributed by atoms with Crippen molar-refractivity contribution in [1.82, 2.24) is 9.97 Å². The summed E-state index contributed by atoms with van der Waals surface area (Å²) in [7, 11) is 0. The number of carbonyl (C=O) groups is 1. The van der Waals surface area contributed by atoms with Crippen LogP contribution in [0.15, 0.2) is 18.3 Å². The molecule has 7 heteroatoms. The van der Waals surface area contributed by atoms with E-state index in [9.17, 15) is 14.3 Å². The van der Waals surface area contributed by atoms with E-state index < -0.39 is 11.8 Å². The van der Waals surface area contributed by atoms with Crippen LogP contribution in [0, 0.1) is 5.82 Å². The molecule has 1 saturated carbocycles. The van der Waals surface area contributed by atoms with Crippen molar-refractivity contribution in [1.29, 1.82) is 0 Å². The summed E-state index contributed by atoms with van der Waals surface area (Å²) >= 11 is 0. The van der Waals surface area contributed by atoms with Crippen LogP contribution in [0.3, 0.4) is 0 Å². The van der Waals surface area contributed by atoms with Crippen LogP contribution in [-0.4, -0.2) is 38.3 Å². The molecule has 116 valence electrons. The van der Waals surface area contributed by atoms with E-state index in [-0.39, 0.29) is 28.6 Å². The fraction of sp³-hybridized carbons (Fsp3) is 0.400. The zero-order valence-corrected chi connectivity index (χ0v) is 11.8. The molecule has 2 aromatic rings. The highest BCUT2D eigenvalue weighted by atomic mass is 19.1. The molecule has 0 unspecified atom stereocenters. The van der Waals surface area contributed by atoms with E-state index in [1.807, 2.05) is 0 Å². The Morgan fingerprint density at radius 3 is 2.68 bits per heavy atom. The molecule has 0 spiro atoms. The number of nitrogens with zero attached hydrogens (tertiary/aromatic N) is 2. The summed E-state index contributed by atoms with van der Waals surface area (Å²) in [6.45, 7) is 0. The second-order valence-corrected chi connectivity index (χ2v) is 5.54. The van der Waals surface area contributed by atoms with Gasteiger partial charge in [-0.2, -0.15) is 0 Å². The molecule has 0 aliphatic heterocycles. The molecule has 0 bridgehead atoms. The SMILES string of the molecule is O=C(O)c1cc(F)c2cnc(N[C@H]3CC[C@H](O)CC3)nc2c1. The minimum absolute atomic E-state index is 0.143. The van der Waals surface area contributed by atoms with Crippen LogP contribution in [0.2, 0.25) is 0 Å². The van der Waals surface area contributed by atoms with Gasteiger partial charge in [0, 0.05) is 12.2 Å². The summed E-state index contributed by atoms with van der Waals surface area (Å²) in [5, 5.41) is 21.8. The quantitative estimate of drug-likeness (QED) is 0.804. The predicted molar refractivity (Wildman–Crippen MR) is 78.3 cm³/mol. The van der Waals surface area contributed by atoms with Crippen molar-refractivity contribution in [2.45, 2.75) is 37.8 Å². The molecule has 0 amide bonds. The summed E-state index contributed by atoms with van der Waals surface area (Å²) in [6, 6.07) is 2.45. The van der Waals surface area contributed by atoms with E-state index >= 15 is 0 Å². The minimum atomic E-state index is -1.20. The zero-order valence-electron chi connectivity index (χ0n) is 11.8. The maximum absolute atomic E-state index is 13.8. The van der Waals surface area contributed by atoms with Crippen LogP contribution in [0.25, 0.3) is 10.9 Å². The van der Waals surface area contributed by atoms with Crippen LogP contribution in [0.5, 0.6) is 0 Å². The standard InChI is InChI=1S/C15H16FN3O3/c16-12-5-8(14(21)22)6-13-11(12)7-17-15(19-13)18-9-1-3-10(20)4-2-9/h5-7,9-10,20H,1-4H2,(H,21,22)(H,17,18,19)/t9-,10-. The molecule has 0 radical (unpaired) electrons. The van der Waals surface area contributed by atoms with Crippen LogP contribution >= 0.6 is 0 Å². The molecule has 1 aromatic heterocycles. The number of benzene rings is 1. The smallest absolute Gasteiger partial charge is 0.335 e. The van der Waals surface area contributed by atoms with Crippen molar-refractivity contribution in [2.75, 3.05) is 5.32 Å². The molecule has 22 heavy (non-hydrogen) atoms. The number of nitrogens with one attached hydrogen (secondary N) is 1. The lowest BCUT2D eigenvalue weighted by atomic mass is 9.93. The first-order valence-corrected chi connectivity index (χ1v) is 7.17. The van der Waals surface area contributed by atoms with Crippen LogP contribution in [0.4, 0.5) is 10.3 Å². The van der Waals surface area contributed by atoms with Gasteiger partial charge in [-0.1, -0.05) is 0 Å². The summed E-state index contributed by atoms with van der Waals surface area (Å²) in [5.41, 5.74) is 0.112. The lowest BCUT2D eigenvalue weighted by Crippen LogP contribution is -2.28. The van der Waals surface area contributed by atoms with Gasteiger partial charge in [-0.15, -0.1) is 0 Å². The van der Waals surface area contributed by atoms with E-state index in [1.54, 1.807) is 0 Å². The molecule has 1 aromatic carbocycles. The zero-order chi connectivity index (χ0) is 15.7. The van der Waals surface area contributed by atoms with Crippen molar-refractivity contribution >= 4 is 22.8 Å². The number of aromatic nitrogens is 2.